The van der Waals surface area contributed by atoms with Gasteiger partial charge in [-0.05, 0) is 24.3 Å². The molecule has 19 heavy (non-hydrogen) atoms. The predicted octanol–water partition coefficient (Wildman–Crippen LogP) is 2.61. The summed E-state index contributed by atoms with van der Waals surface area (Å²) >= 11 is 3.28. The van der Waals surface area contributed by atoms with Crippen molar-refractivity contribution in [3.63, 3.8) is 0 Å². The molecule has 0 atom stereocenters. The first kappa shape index (κ1) is 13.2. The number of hydrogen-bond acceptors (Lipinski definition) is 4. The van der Waals surface area contributed by atoms with Gasteiger partial charge >= 0.3 is 0 Å². The Labute approximate surface area is 117 Å². The number of nitrogens with one attached hydrogen (secondary N) is 1. The van der Waals surface area contributed by atoms with E-state index in [1.807, 2.05) is 6.07 Å². The minimum atomic E-state index is -0.584. The first-order valence-corrected chi connectivity index (χ1v) is 6.11. The van der Waals surface area contributed by atoms with Crippen molar-refractivity contribution < 1.29 is 14.7 Å². The van der Waals surface area contributed by atoms with Crippen LogP contribution in [0.15, 0.2) is 41.0 Å². The fourth-order valence-corrected chi connectivity index (χ4v) is 1.89. The molecule has 0 saturated heterocycles. The Bertz CT molecular complexity index is 644. The molecule has 2 N–H and O–H groups in total. The van der Waals surface area contributed by atoms with Crippen LogP contribution in [0.5, 0.6) is 5.75 Å². The van der Waals surface area contributed by atoms with Crippen molar-refractivity contribution in [3.8, 4) is 5.75 Å². The molecule has 96 valence electrons. The summed E-state index contributed by atoms with van der Waals surface area (Å²) in [6.07, 6.45) is 1.76. The van der Waals surface area contributed by atoms with Crippen LogP contribution in [-0.2, 0) is 0 Å². The van der Waals surface area contributed by atoms with E-state index in [0.29, 0.717) is 12.0 Å². The van der Waals surface area contributed by atoms with Crippen LogP contribution in [0, 0.1) is 0 Å². The molecule has 1 aromatic carbocycles. The minimum absolute atomic E-state index is 0.0226. The molecule has 0 saturated carbocycles. The van der Waals surface area contributed by atoms with Crippen LogP contribution in [0.3, 0.4) is 0 Å². The molecule has 0 fully saturated rings. The highest BCUT2D eigenvalue weighted by Crippen LogP contribution is 2.21. The van der Waals surface area contributed by atoms with E-state index in [1.54, 1.807) is 18.2 Å². The average Bonchev–Trinajstić information content (AvgIpc) is 2.39. The maximum absolute atomic E-state index is 11.9. The fraction of sp³-hybridized carbons (Fsp3) is 0. The predicted molar refractivity (Wildman–Crippen MR) is 73.4 cm³/mol. The number of hydrogen-bond donors (Lipinski definition) is 2. The normalized spacial score (nSPS) is 9.95. The molecule has 0 spiro atoms. The van der Waals surface area contributed by atoms with E-state index in [9.17, 15) is 14.7 Å². The number of aldehydes is 1. The summed E-state index contributed by atoms with van der Waals surface area (Å²) in [5.41, 5.74) is 0.385. The monoisotopic (exact) mass is 320 g/mol. The van der Waals surface area contributed by atoms with Gasteiger partial charge in [0, 0.05) is 16.4 Å². The minimum Gasteiger partial charge on any atom is -0.505 e. The molecular weight excluding hydrogens is 312 g/mol. The van der Waals surface area contributed by atoms with Gasteiger partial charge in [-0.2, -0.15) is 0 Å². The summed E-state index contributed by atoms with van der Waals surface area (Å²) in [5.74, 6) is -1.01. The number of amides is 1. The summed E-state index contributed by atoms with van der Waals surface area (Å²) in [6, 6.07) is 8.31. The lowest BCUT2D eigenvalue weighted by molar-refractivity contribution is 0.101. The second-order valence-corrected chi connectivity index (χ2v) is 4.60. The van der Waals surface area contributed by atoms with Crippen molar-refractivity contribution >= 4 is 33.8 Å². The summed E-state index contributed by atoms with van der Waals surface area (Å²) < 4.78 is 0.809. The second-order valence-electron chi connectivity index (χ2n) is 3.68. The van der Waals surface area contributed by atoms with Crippen molar-refractivity contribution in [2.24, 2.45) is 0 Å². The van der Waals surface area contributed by atoms with Crippen LogP contribution in [0.1, 0.15) is 20.8 Å². The van der Waals surface area contributed by atoms with Gasteiger partial charge in [0.2, 0.25) is 0 Å². The van der Waals surface area contributed by atoms with Crippen molar-refractivity contribution in [2.45, 2.75) is 0 Å². The molecule has 1 heterocycles. The van der Waals surface area contributed by atoms with E-state index >= 15 is 0 Å². The van der Waals surface area contributed by atoms with Crippen molar-refractivity contribution in [1.82, 2.24) is 4.98 Å². The van der Waals surface area contributed by atoms with Gasteiger partial charge in [0.1, 0.15) is 0 Å². The molecule has 0 unspecified atom stereocenters. The van der Waals surface area contributed by atoms with Crippen LogP contribution in [0.25, 0.3) is 0 Å². The fourth-order valence-electron chi connectivity index (χ4n) is 1.49. The van der Waals surface area contributed by atoms with Gasteiger partial charge < -0.3 is 10.4 Å². The zero-order valence-electron chi connectivity index (χ0n) is 9.63. The summed E-state index contributed by atoms with van der Waals surface area (Å²) in [4.78, 5) is 26.4. The maximum atomic E-state index is 11.9. The number of aromatic hydroxyl groups is 1. The number of nitrogens with zero attached hydrogens (tertiary/aromatic N) is 1. The summed E-state index contributed by atoms with van der Waals surface area (Å²) in [7, 11) is 0. The average molecular weight is 321 g/mol. The Balaban J connectivity index is 2.28. The Kier molecular flexibility index (Phi) is 3.91. The third-order valence-electron chi connectivity index (χ3n) is 2.38. The lowest BCUT2D eigenvalue weighted by Crippen LogP contribution is -2.14. The standard InChI is InChI=1S/C13H9BrN2O3/c14-9-2-1-3-10(6-9)16-13(19)11-12(18)8(7-17)4-5-15-11/h1-7,18H,(H,16,19). The number of carbonyl (C=O) groups excluding carboxylic acids is 2. The lowest BCUT2D eigenvalue weighted by Gasteiger charge is -2.07. The molecule has 0 bridgehead atoms. The largest absolute Gasteiger partial charge is 0.505 e. The highest BCUT2D eigenvalue weighted by Gasteiger charge is 2.15. The van der Waals surface area contributed by atoms with Gasteiger partial charge in [-0.3, -0.25) is 9.59 Å². The number of rotatable bonds is 3. The molecule has 1 amide bonds. The van der Waals surface area contributed by atoms with Crippen molar-refractivity contribution in [3.05, 3.63) is 52.3 Å². The third-order valence-corrected chi connectivity index (χ3v) is 2.87. The summed E-state index contributed by atoms with van der Waals surface area (Å²) in [6.45, 7) is 0. The molecule has 0 aliphatic heterocycles. The van der Waals surface area contributed by atoms with E-state index in [2.05, 4.69) is 26.2 Å². The number of anilines is 1. The first-order chi connectivity index (χ1) is 9.11. The van der Waals surface area contributed by atoms with Gasteiger partial charge in [-0.25, -0.2) is 4.98 Å². The van der Waals surface area contributed by atoms with E-state index in [0.717, 1.165) is 4.47 Å². The molecule has 0 aliphatic carbocycles. The van der Waals surface area contributed by atoms with E-state index in [1.165, 1.54) is 12.3 Å². The molecule has 0 aliphatic rings. The topological polar surface area (TPSA) is 79.3 Å². The number of aromatic nitrogens is 1. The molecular formula is C13H9BrN2O3. The van der Waals surface area contributed by atoms with Gasteiger partial charge in [0.15, 0.2) is 17.7 Å². The third kappa shape index (κ3) is 2.97. The Hall–Kier alpha value is -2.21. The van der Waals surface area contributed by atoms with E-state index in [-0.39, 0.29) is 11.3 Å². The van der Waals surface area contributed by atoms with E-state index in [4.69, 9.17) is 0 Å². The summed E-state index contributed by atoms with van der Waals surface area (Å²) in [5, 5.41) is 12.3. The smallest absolute Gasteiger partial charge is 0.278 e. The zero-order valence-corrected chi connectivity index (χ0v) is 11.2. The molecule has 0 radical (unpaired) electrons. The molecule has 1 aromatic heterocycles. The quantitative estimate of drug-likeness (QED) is 0.852. The number of pyridine rings is 1. The van der Waals surface area contributed by atoms with E-state index < -0.39 is 11.7 Å². The lowest BCUT2D eigenvalue weighted by atomic mass is 10.2. The van der Waals surface area contributed by atoms with Gasteiger partial charge in [0.05, 0.1) is 5.56 Å². The van der Waals surface area contributed by atoms with Crippen molar-refractivity contribution in [1.29, 1.82) is 0 Å². The molecule has 2 rings (SSSR count). The van der Waals surface area contributed by atoms with Gasteiger partial charge in [-0.15, -0.1) is 0 Å². The number of carbonyl (C=O) groups is 2. The molecule has 6 heteroatoms. The van der Waals surface area contributed by atoms with Crippen LogP contribution in [0.2, 0.25) is 0 Å². The van der Waals surface area contributed by atoms with Crippen LogP contribution >= 0.6 is 15.9 Å². The maximum Gasteiger partial charge on any atom is 0.278 e. The number of halogens is 1. The number of benzene rings is 1. The highest BCUT2D eigenvalue weighted by atomic mass is 79.9. The van der Waals surface area contributed by atoms with Gasteiger partial charge in [0.25, 0.3) is 5.91 Å². The molecule has 5 nitrogen and oxygen atoms in total. The highest BCUT2D eigenvalue weighted by molar-refractivity contribution is 9.10. The van der Waals surface area contributed by atoms with Gasteiger partial charge in [-0.1, -0.05) is 22.0 Å². The second kappa shape index (κ2) is 5.62. The first-order valence-electron chi connectivity index (χ1n) is 5.32. The SMILES string of the molecule is O=Cc1ccnc(C(=O)Nc2cccc(Br)c2)c1O. The van der Waals surface area contributed by atoms with Crippen molar-refractivity contribution in [2.75, 3.05) is 5.32 Å². The Morgan fingerprint density at radius 1 is 1.37 bits per heavy atom. The Morgan fingerprint density at radius 2 is 2.16 bits per heavy atom. The van der Waals surface area contributed by atoms with Crippen LogP contribution in [-0.4, -0.2) is 22.3 Å². The Morgan fingerprint density at radius 3 is 2.84 bits per heavy atom. The van der Waals surface area contributed by atoms with Crippen LogP contribution < -0.4 is 5.32 Å². The van der Waals surface area contributed by atoms with Crippen LogP contribution in [0.4, 0.5) is 5.69 Å². The molecule has 2 aromatic rings. The zero-order chi connectivity index (χ0) is 13.8.